The number of aromatic nitrogens is 5. The van der Waals surface area contributed by atoms with Crippen LogP contribution in [0.15, 0.2) is 55.0 Å². The summed E-state index contributed by atoms with van der Waals surface area (Å²) >= 11 is 2.39. The quantitative estimate of drug-likeness (QED) is 0.0720. The van der Waals surface area contributed by atoms with Gasteiger partial charge in [-0.1, -0.05) is 55.5 Å². The van der Waals surface area contributed by atoms with E-state index in [1.54, 1.807) is 35.6 Å². The summed E-state index contributed by atoms with van der Waals surface area (Å²) < 4.78 is 14.3. The van der Waals surface area contributed by atoms with Crippen molar-refractivity contribution in [2.24, 2.45) is 11.6 Å². The third-order valence-electron chi connectivity index (χ3n) is 7.76. The SMILES string of the molecule is CCC(C)c1cncc2nc(-c3ccnc4[nH]c(-c5ccccc5F)cc34)nc(N(N)C(CC)C(C)(I)CN)c12. The van der Waals surface area contributed by atoms with Crippen molar-refractivity contribution in [1.82, 2.24) is 24.9 Å². The summed E-state index contributed by atoms with van der Waals surface area (Å²) in [5.74, 6) is 8.00. The van der Waals surface area contributed by atoms with Gasteiger partial charge in [0.1, 0.15) is 11.5 Å². The Bertz CT molecular complexity index is 1670. The van der Waals surface area contributed by atoms with E-state index in [1.165, 1.54) is 6.07 Å². The van der Waals surface area contributed by atoms with E-state index < -0.39 is 0 Å². The molecule has 0 radical (unpaired) electrons. The normalized spacial score (nSPS) is 14.8. The zero-order chi connectivity index (χ0) is 28.6. The number of benzene rings is 1. The van der Waals surface area contributed by atoms with Crippen molar-refractivity contribution in [3.05, 3.63) is 66.4 Å². The van der Waals surface area contributed by atoms with E-state index in [2.05, 4.69) is 65.2 Å². The summed E-state index contributed by atoms with van der Waals surface area (Å²) in [6, 6.07) is 10.3. The van der Waals surface area contributed by atoms with E-state index in [0.29, 0.717) is 40.6 Å². The van der Waals surface area contributed by atoms with Gasteiger partial charge in [0, 0.05) is 35.5 Å². The Labute approximate surface area is 246 Å². The number of hydrazine groups is 1. The number of anilines is 1. The number of nitrogens with one attached hydrogen (secondary N) is 1. The first-order valence-electron chi connectivity index (χ1n) is 13.5. The van der Waals surface area contributed by atoms with Crippen LogP contribution in [0.4, 0.5) is 10.2 Å². The molecule has 10 heteroatoms. The van der Waals surface area contributed by atoms with Crippen LogP contribution >= 0.6 is 22.6 Å². The van der Waals surface area contributed by atoms with Gasteiger partial charge in [-0.25, -0.2) is 25.2 Å². The van der Waals surface area contributed by atoms with E-state index >= 15 is 0 Å². The van der Waals surface area contributed by atoms with Crippen LogP contribution in [0.5, 0.6) is 0 Å². The lowest BCUT2D eigenvalue weighted by Gasteiger charge is -2.38. The Kier molecular flexibility index (Phi) is 8.03. The predicted octanol–water partition coefficient (Wildman–Crippen LogP) is 6.50. The molecule has 208 valence electrons. The van der Waals surface area contributed by atoms with Gasteiger partial charge in [-0.15, -0.1) is 0 Å². The van der Waals surface area contributed by atoms with Gasteiger partial charge in [0.25, 0.3) is 0 Å². The molecule has 5 rings (SSSR count). The molecule has 0 aliphatic heterocycles. The first-order valence-corrected chi connectivity index (χ1v) is 14.6. The number of rotatable bonds is 9. The van der Waals surface area contributed by atoms with Gasteiger partial charge in [0.05, 0.1) is 32.3 Å². The van der Waals surface area contributed by atoms with Crippen molar-refractivity contribution in [1.29, 1.82) is 0 Å². The van der Waals surface area contributed by atoms with E-state index in [4.69, 9.17) is 21.5 Å². The second-order valence-electron chi connectivity index (χ2n) is 10.4. The van der Waals surface area contributed by atoms with E-state index in [0.717, 1.165) is 34.7 Å². The molecule has 3 unspecified atom stereocenters. The van der Waals surface area contributed by atoms with Gasteiger partial charge in [0.2, 0.25) is 0 Å². The molecule has 8 nitrogen and oxygen atoms in total. The fourth-order valence-corrected chi connectivity index (χ4v) is 5.97. The van der Waals surface area contributed by atoms with E-state index in [-0.39, 0.29) is 21.2 Å². The number of hydrogen-bond donors (Lipinski definition) is 3. The average molecular weight is 653 g/mol. The van der Waals surface area contributed by atoms with Gasteiger partial charge in [-0.3, -0.25) is 9.99 Å². The molecule has 3 atom stereocenters. The molecule has 0 aliphatic rings. The van der Waals surface area contributed by atoms with Crippen molar-refractivity contribution in [2.45, 2.75) is 55.9 Å². The molecule has 0 saturated heterocycles. The van der Waals surface area contributed by atoms with Crippen LogP contribution in [-0.2, 0) is 0 Å². The standard InChI is InChI=1S/C30H34FIN8/c1-5-17(3)21-14-35-15-24-26(21)29(40(34)25(6-2)30(4,32)16-33)39-28(38-24)18-11-12-36-27-20(18)13-23(37-27)19-9-7-8-10-22(19)31/h7-15,17,25H,5-6,16,33-34H2,1-4H3,(H,36,37). The summed E-state index contributed by atoms with van der Waals surface area (Å²) in [5, 5.41) is 3.44. The zero-order valence-electron chi connectivity index (χ0n) is 23.1. The first-order chi connectivity index (χ1) is 19.2. The topological polar surface area (TPSA) is 123 Å². The maximum Gasteiger partial charge on any atom is 0.163 e. The number of nitrogens with zero attached hydrogens (tertiary/aromatic N) is 5. The maximum atomic E-state index is 14.6. The minimum atomic E-state index is -0.311. The van der Waals surface area contributed by atoms with E-state index in [1.807, 2.05) is 18.3 Å². The molecule has 0 amide bonds. The third-order valence-corrected chi connectivity index (χ3v) is 8.92. The van der Waals surface area contributed by atoms with Crippen LogP contribution in [0, 0.1) is 5.82 Å². The number of aromatic amines is 1. The van der Waals surface area contributed by atoms with Gasteiger partial charge < -0.3 is 10.7 Å². The van der Waals surface area contributed by atoms with E-state index in [9.17, 15) is 4.39 Å². The molecule has 0 saturated carbocycles. The Morgan fingerprint density at radius 2 is 1.88 bits per heavy atom. The van der Waals surface area contributed by atoms with Crippen LogP contribution in [0.1, 0.15) is 52.0 Å². The summed E-state index contributed by atoms with van der Waals surface area (Å²) in [6.45, 7) is 9.00. The molecule has 0 fully saturated rings. The summed E-state index contributed by atoms with van der Waals surface area (Å²) in [6.07, 6.45) is 7.06. The largest absolute Gasteiger partial charge is 0.339 e. The maximum absolute atomic E-state index is 14.6. The highest BCUT2D eigenvalue weighted by Gasteiger charge is 2.35. The molecule has 5 N–H and O–H groups in total. The second-order valence-corrected chi connectivity index (χ2v) is 12.9. The fourth-order valence-electron chi connectivity index (χ4n) is 5.23. The third kappa shape index (κ3) is 5.04. The lowest BCUT2D eigenvalue weighted by atomic mass is 9.95. The monoisotopic (exact) mass is 652 g/mol. The van der Waals surface area contributed by atoms with Gasteiger partial charge in [-0.05, 0) is 55.5 Å². The number of pyridine rings is 2. The van der Waals surface area contributed by atoms with Crippen molar-refractivity contribution < 1.29 is 4.39 Å². The van der Waals surface area contributed by atoms with Crippen molar-refractivity contribution in [3.63, 3.8) is 0 Å². The second kappa shape index (κ2) is 11.3. The Morgan fingerprint density at radius 1 is 1.10 bits per heavy atom. The zero-order valence-corrected chi connectivity index (χ0v) is 25.3. The number of hydrogen-bond acceptors (Lipinski definition) is 7. The number of halogens is 2. The minimum Gasteiger partial charge on any atom is -0.339 e. The highest BCUT2D eigenvalue weighted by Crippen LogP contribution is 2.38. The number of alkyl halides is 1. The van der Waals surface area contributed by atoms with Gasteiger partial charge >= 0.3 is 0 Å². The van der Waals surface area contributed by atoms with Crippen LogP contribution < -0.4 is 16.6 Å². The Hall–Kier alpha value is -3.22. The fraction of sp³-hybridized carbons (Fsp3) is 0.333. The lowest BCUT2D eigenvalue weighted by molar-refractivity contribution is 0.479. The molecule has 1 aromatic carbocycles. The molecule has 0 spiro atoms. The smallest absolute Gasteiger partial charge is 0.163 e. The Balaban J connectivity index is 1.76. The predicted molar refractivity (Wildman–Crippen MR) is 169 cm³/mol. The van der Waals surface area contributed by atoms with Crippen molar-refractivity contribution in [2.75, 3.05) is 11.6 Å². The lowest BCUT2D eigenvalue weighted by Crippen LogP contribution is -2.54. The molecule has 40 heavy (non-hydrogen) atoms. The van der Waals surface area contributed by atoms with Crippen LogP contribution in [0.2, 0.25) is 0 Å². The van der Waals surface area contributed by atoms with Gasteiger partial charge in [0.15, 0.2) is 11.6 Å². The van der Waals surface area contributed by atoms with Crippen LogP contribution in [-0.4, -0.2) is 40.9 Å². The molecular weight excluding hydrogens is 618 g/mol. The molecular formula is C30H34FIN8. The number of H-pyrrole nitrogens is 1. The first kappa shape index (κ1) is 28.3. The van der Waals surface area contributed by atoms with Crippen LogP contribution in [0.25, 0.3) is 44.6 Å². The molecule has 4 aromatic heterocycles. The van der Waals surface area contributed by atoms with Gasteiger partial charge in [-0.2, -0.15) is 0 Å². The summed E-state index contributed by atoms with van der Waals surface area (Å²) in [7, 11) is 0. The highest BCUT2D eigenvalue weighted by molar-refractivity contribution is 14.1. The summed E-state index contributed by atoms with van der Waals surface area (Å²) in [4.78, 5) is 22.4. The highest BCUT2D eigenvalue weighted by atomic mass is 127. The number of nitrogens with two attached hydrogens (primary N) is 2. The molecule has 4 heterocycles. The molecule has 5 aromatic rings. The van der Waals surface area contributed by atoms with Crippen molar-refractivity contribution in [3.8, 4) is 22.6 Å². The molecule has 0 aliphatic carbocycles. The van der Waals surface area contributed by atoms with Crippen LogP contribution in [0.3, 0.4) is 0 Å². The molecule has 0 bridgehead atoms. The average Bonchev–Trinajstić information content (AvgIpc) is 3.40. The number of fused-ring (bicyclic) bond motifs is 2. The Morgan fingerprint density at radius 3 is 2.58 bits per heavy atom. The minimum absolute atomic E-state index is 0.0839. The van der Waals surface area contributed by atoms with Crippen molar-refractivity contribution >= 4 is 50.3 Å². The summed E-state index contributed by atoms with van der Waals surface area (Å²) in [5.41, 5.74) is 10.4.